The van der Waals surface area contributed by atoms with Crippen molar-refractivity contribution < 1.29 is 9.84 Å². The first-order chi connectivity index (χ1) is 8.79. The largest absolute Gasteiger partial charge is 0.396 e. The van der Waals surface area contributed by atoms with Crippen molar-refractivity contribution in [2.45, 2.75) is 81.8 Å². The van der Waals surface area contributed by atoms with E-state index >= 15 is 0 Å². The van der Waals surface area contributed by atoms with Crippen molar-refractivity contribution in [2.75, 3.05) is 6.61 Å². The van der Waals surface area contributed by atoms with Gasteiger partial charge in [-0.2, -0.15) is 0 Å². The zero-order valence-electron chi connectivity index (χ0n) is 11.3. The first-order valence-corrected chi connectivity index (χ1v) is 8.13. The second-order valence-electron chi connectivity index (χ2n) is 5.98. The maximum absolute atomic E-state index is 8.84. The summed E-state index contributed by atoms with van der Waals surface area (Å²) >= 11 is 6.41. The van der Waals surface area contributed by atoms with Crippen molar-refractivity contribution in [1.82, 2.24) is 0 Å². The van der Waals surface area contributed by atoms with Gasteiger partial charge in [-0.05, 0) is 50.9 Å². The highest BCUT2D eigenvalue weighted by Gasteiger charge is 2.33. The maximum atomic E-state index is 8.84. The Morgan fingerprint density at radius 2 is 1.83 bits per heavy atom. The van der Waals surface area contributed by atoms with Crippen molar-refractivity contribution in [3.63, 3.8) is 0 Å². The molecule has 0 bridgehead atoms. The predicted molar refractivity (Wildman–Crippen MR) is 75.0 cm³/mol. The third-order valence-electron chi connectivity index (χ3n) is 4.48. The summed E-state index contributed by atoms with van der Waals surface area (Å²) in [7, 11) is 0. The Bertz CT molecular complexity index is 229. The number of unbranched alkanes of at least 4 members (excludes halogenated alkanes) is 1. The summed E-state index contributed by atoms with van der Waals surface area (Å²) in [5, 5.41) is 9.13. The van der Waals surface area contributed by atoms with E-state index in [2.05, 4.69) is 0 Å². The van der Waals surface area contributed by atoms with E-state index in [0.717, 1.165) is 38.0 Å². The van der Waals surface area contributed by atoms with Crippen LogP contribution in [0.1, 0.15) is 64.2 Å². The molecule has 1 aliphatic carbocycles. The third-order valence-corrected chi connectivity index (χ3v) is 4.84. The number of hydrogen-bond donors (Lipinski definition) is 1. The van der Waals surface area contributed by atoms with Crippen molar-refractivity contribution in [1.29, 1.82) is 0 Å². The summed E-state index contributed by atoms with van der Waals surface area (Å²) in [6.45, 7) is 0.295. The standard InChI is InChI=1S/C15H27ClO2/c16-13-10-14(8-4-5-9-17)18-15(11-13)12-6-2-1-3-7-12/h12-15,17H,1-11H2/t13-,14?,15+/m0/s1. The fourth-order valence-corrected chi connectivity index (χ4v) is 3.85. The lowest BCUT2D eigenvalue weighted by Crippen LogP contribution is -2.38. The molecule has 1 N–H and O–H groups in total. The molecule has 18 heavy (non-hydrogen) atoms. The summed E-state index contributed by atoms with van der Waals surface area (Å²) < 4.78 is 6.28. The lowest BCUT2D eigenvalue weighted by Gasteiger charge is -2.39. The normalized spacial score (nSPS) is 34.7. The zero-order chi connectivity index (χ0) is 12.8. The Morgan fingerprint density at radius 1 is 1.06 bits per heavy atom. The van der Waals surface area contributed by atoms with E-state index < -0.39 is 0 Å². The van der Waals surface area contributed by atoms with Gasteiger partial charge in [0, 0.05) is 12.0 Å². The second kappa shape index (κ2) is 7.72. The van der Waals surface area contributed by atoms with Crippen molar-refractivity contribution in [2.24, 2.45) is 5.92 Å². The quantitative estimate of drug-likeness (QED) is 0.609. The number of rotatable bonds is 5. The van der Waals surface area contributed by atoms with E-state index in [9.17, 15) is 0 Å². The Kier molecular flexibility index (Phi) is 6.26. The van der Waals surface area contributed by atoms with Gasteiger partial charge < -0.3 is 9.84 Å². The highest BCUT2D eigenvalue weighted by Crippen LogP contribution is 2.36. The smallest absolute Gasteiger partial charge is 0.0621 e. The molecule has 0 aromatic rings. The molecule has 1 unspecified atom stereocenters. The number of halogens is 1. The summed E-state index contributed by atoms with van der Waals surface area (Å²) in [6.07, 6.45) is 12.6. The minimum Gasteiger partial charge on any atom is -0.396 e. The van der Waals surface area contributed by atoms with E-state index in [0.29, 0.717) is 24.2 Å². The molecule has 0 spiro atoms. The van der Waals surface area contributed by atoms with Crippen LogP contribution in [0.15, 0.2) is 0 Å². The predicted octanol–water partition coefficient (Wildman–Crippen LogP) is 3.88. The molecule has 1 saturated carbocycles. The van der Waals surface area contributed by atoms with Crippen LogP contribution in [-0.4, -0.2) is 29.3 Å². The van der Waals surface area contributed by atoms with Crippen molar-refractivity contribution in [3.05, 3.63) is 0 Å². The Morgan fingerprint density at radius 3 is 2.56 bits per heavy atom. The van der Waals surface area contributed by atoms with E-state index in [-0.39, 0.29) is 0 Å². The molecule has 1 saturated heterocycles. The van der Waals surface area contributed by atoms with Crippen LogP contribution in [0, 0.1) is 5.92 Å². The molecule has 3 atom stereocenters. The SMILES string of the molecule is OCCCCC1C[C@H](Cl)C[C@H](C2CCCCC2)O1. The minimum atomic E-state index is 0.295. The molecule has 2 rings (SSSR count). The van der Waals surface area contributed by atoms with Crippen LogP contribution in [-0.2, 0) is 4.74 Å². The fraction of sp³-hybridized carbons (Fsp3) is 1.00. The third kappa shape index (κ3) is 4.40. The van der Waals surface area contributed by atoms with Gasteiger partial charge in [0.15, 0.2) is 0 Å². The zero-order valence-corrected chi connectivity index (χ0v) is 12.1. The van der Waals surface area contributed by atoms with Gasteiger partial charge in [-0.3, -0.25) is 0 Å². The van der Waals surface area contributed by atoms with Gasteiger partial charge in [-0.25, -0.2) is 0 Å². The monoisotopic (exact) mass is 274 g/mol. The molecule has 1 heterocycles. The molecular formula is C15H27ClO2. The molecule has 2 aliphatic rings. The van der Waals surface area contributed by atoms with E-state index in [1.165, 1.54) is 32.1 Å². The molecular weight excluding hydrogens is 248 g/mol. The van der Waals surface area contributed by atoms with Gasteiger partial charge in [0.1, 0.15) is 0 Å². The lowest BCUT2D eigenvalue weighted by atomic mass is 9.82. The summed E-state index contributed by atoms with van der Waals surface area (Å²) in [5.74, 6) is 0.751. The number of alkyl halides is 1. The van der Waals surface area contributed by atoms with Crippen LogP contribution in [0.25, 0.3) is 0 Å². The van der Waals surface area contributed by atoms with Crippen LogP contribution in [0.3, 0.4) is 0 Å². The fourth-order valence-electron chi connectivity index (χ4n) is 3.47. The average molecular weight is 275 g/mol. The van der Waals surface area contributed by atoms with Crippen LogP contribution >= 0.6 is 11.6 Å². The van der Waals surface area contributed by atoms with Gasteiger partial charge in [0.05, 0.1) is 12.2 Å². The van der Waals surface area contributed by atoms with Crippen molar-refractivity contribution >= 4 is 11.6 Å². The van der Waals surface area contributed by atoms with Gasteiger partial charge in [0.2, 0.25) is 0 Å². The van der Waals surface area contributed by atoms with Crippen LogP contribution in [0.2, 0.25) is 0 Å². The molecule has 2 nitrogen and oxygen atoms in total. The Labute approximate surface area is 116 Å². The van der Waals surface area contributed by atoms with E-state index in [1.54, 1.807) is 0 Å². The van der Waals surface area contributed by atoms with Crippen LogP contribution in [0.4, 0.5) is 0 Å². The highest BCUT2D eigenvalue weighted by molar-refractivity contribution is 6.20. The number of hydrogen-bond acceptors (Lipinski definition) is 2. The molecule has 0 aromatic carbocycles. The first kappa shape index (κ1) is 14.6. The summed E-state index contributed by atoms with van der Waals surface area (Å²) in [6, 6.07) is 0. The molecule has 0 amide bonds. The minimum absolute atomic E-state index is 0.295. The molecule has 0 aromatic heterocycles. The molecule has 2 fully saturated rings. The van der Waals surface area contributed by atoms with Crippen molar-refractivity contribution in [3.8, 4) is 0 Å². The number of aliphatic hydroxyl groups is 1. The van der Waals surface area contributed by atoms with Crippen LogP contribution in [0.5, 0.6) is 0 Å². The Hall–Kier alpha value is 0.210. The van der Waals surface area contributed by atoms with E-state index in [4.69, 9.17) is 21.4 Å². The molecule has 0 radical (unpaired) electrons. The second-order valence-corrected chi connectivity index (χ2v) is 6.60. The molecule has 3 heteroatoms. The maximum Gasteiger partial charge on any atom is 0.0621 e. The molecule has 106 valence electrons. The van der Waals surface area contributed by atoms with Crippen LogP contribution < -0.4 is 0 Å². The first-order valence-electron chi connectivity index (χ1n) is 7.70. The van der Waals surface area contributed by atoms with Gasteiger partial charge >= 0.3 is 0 Å². The summed E-state index contributed by atoms with van der Waals surface area (Å²) in [4.78, 5) is 0. The molecule has 1 aliphatic heterocycles. The van der Waals surface area contributed by atoms with Gasteiger partial charge in [-0.1, -0.05) is 19.3 Å². The average Bonchev–Trinajstić information content (AvgIpc) is 2.39. The lowest BCUT2D eigenvalue weighted by molar-refractivity contribution is -0.0855. The summed E-state index contributed by atoms with van der Waals surface area (Å²) in [5.41, 5.74) is 0. The Balaban J connectivity index is 1.79. The number of ether oxygens (including phenoxy) is 1. The topological polar surface area (TPSA) is 29.5 Å². The van der Waals surface area contributed by atoms with Gasteiger partial charge in [-0.15, -0.1) is 11.6 Å². The number of aliphatic hydroxyl groups excluding tert-OH is 1. The van der Waals surface area contributed by atoms with E-state index in [1.807, 2.05) is 0 Å². The van der Waals surface area contributed by atoms with Gasteiger partial charge in [0.25, 0.3) is 0 Å². The highest BCUT2D eigenvalue weighted by atomic mass is 35.5.